The molecular weight excluding hydrogens is 296 g/mol. The van der Waals surface area contributed by atoms with Gasteiger partial charge in [0.2, 0.25) is 0 Å². The van der Waals surface area contributed by atoms with Gasteiger partial charge in [0.1, 0.15) is 34.9 Å². The van der Waals surface area contributed by atoms with Crippen LogP contribution in [-0.2, 0) is 4.79 Å². The third kappa shape index (κ3) is 1.75. The lowest BCUT2D eigenvalue weighted by molar-refractivity contribution is -0.139. The molecule has 2 aliphatic rings. The lowest BCUT2D eigenvalue weighted by Crippen LogP contribution is -2.08. The van der Waals surface area contributed by atoms with Gasteiger partial charge in [0.25, 0.3) is 0 Å². The zero-order valence-electron chi connectivity index (χ0n) is 11.9. The fraction of sp³-hybridized carbons (Fsp3) is 0.176. The van der Waals surface area contributed by atoms with Gasteiger partial charge >= 0.3 is 5.97 Å². The molecule has 1 aliphatic carbocycles. The maximum absolute atomic E-state index is 11.2. The lowest BCUT2D eigenvalue weighted by Gasteiger charge is -2.10. The Hall–Kier alpha value is -3.02. The number of H-pyrrole nitrogens is 1. The molecule has 2 aromatic heterocycles. The Kier molecular flexibility index (Phi) is 2.31. The summed E-state index contributed by atoms with van der Waals surface area (Å²) in [5.74, 6) is 0.826. The van der Waals surface area contributed by atoms with E-state index in [0.717, 1.165) is 22.3 Å². The van der Waals surface area contributed by atoms with E-state index in [4.69, 9.17) is 14.6 Å². The van der Waals surface area contributed by atoms with Crippen molar-refractivity contribution in [1.82, 2.24) is 9.97 Å². The van der Waals surface area contributed by atoms with Crippen molar-refractivity contribution in [3.05, 3.63) is 48.3 Å². The van der Waals surface area contributed by atoms with Crippen LogP contribution >= 0.6 is 0 Å². The summed E-state index contributed by atoms with van der Waals surface area (Å²) in [5, 5.41) is 10.1. The van der Waals surface area contributed by atoms with Crippen molar-refractivity contribution >= 4 is 17.0 Å². The van der Waals surface area contributed by atoms with E-state index in [0.29, 0.717) is 11.5 Å². The second-order valence-corrected chi connectivity index (χ2v) is 5.82. The molecule has 23 heavy (non-hydrogen) atoms. The molecule has 3 aromatic rings. The molecule has 0 amide bonds. The summed E-state index contributed by atoms with van der Waals surface area (Å²) in [7, 11) is 0. The van der Waals surface area contributed by atoms with Gasteiger partial charge in [-0.1, -0.05) is 0 Å². The molecule has 114 valence electrons. The molecule has 0 radical (unpaired) electrons. The molecule has 0 spiro atoms. The van der Waals surface area contributed by atoms with Crippen LogP contribution in [-0.4, -0.2) is 27.1 Å². The number of fused-ring (bicyclic) bond motifs is 4. The van der Waals surface area contributed by atoms with Crippen LogP contribution < -0.4 is 9.47 Å². The van der Waals surface area contributed by atoms with E-state index in [1.165, 1.54) is 0 Å². The van der Waals surface area contributed by atoms with Crippen LogP contribution in [0.4, 0.5) is 0 Å². The van der Waals surface area contributed by atoms with Gasteiger partial charge in [0.15, 0.2) is 0 Å². The monoisotopic (exact) mass is 308 g/mol. The molecule has 0 bridgehead atoms. The zero-order chi connectivity index (χ0) is 15.6. The van der Waals surface area contributed by atoms with Crippen molar-refractivity contribution < 1.29 is 19.4 Å². The van der Waals surface area contributed by atoms with Crippen LogP contribution in [0.5, 0.6) is 17.2 Å². The molecule has 3 unspecified atom stereocenters. The third-order valence-corrected chi connectivity index (χ3v) is 4.49. The van der Waals surface area contributed by atoms with Crippen molar-refractivity contribution in [3.63, 3.8) is 0 Å². The van der Waals surface area contributed by atoms with Gasteiger partial charge < -0.3 is 19.6 Å². The fourth-order valence-corrected chi connectivity index (χ4v) is 3.35. The quantitative estimate of drug-likeness (QED) is 0.777. The second-order valence-electron chi connectivity index (χ2n) is 5.82. The van der Waals surface area contributed by atoms with Gasteiger partial charge in [-0.15, -0.1) is 0 Å². The number of nitrogens with zero attached hydrogens (tertiary/aromatic N) is 1. The number of benzene rings is 1. The average molecular weight is 308 g/mol. The van der Waals surface area contributed by atoms with Crippen molar-refractivity contribution in [1.29, 1.82) is 0 Å². The minimum absolute atomic E-state index is 0.0595. The lowest BCUT2D eigenvalue weighted by atomic mass is 10.1. The number of aromatic nitrogens is 2. The Morgan fingerprint density at radius 3 is 3.09 bits per heavy atom. The van der Waals surface area contributed by atoms with Crippen molar-refractivity contribution in [2.45, 2.75) is 12.0 Å². The summed E-state index contributed by atoms with van der Waals surface area (Å²) in [6.07, 6.45) is 3.27. The topological polar surface area (TPSA) is 84.4 Å². The van der Waals surface area contributed by atoms with Crippen LogP contribution in [0.25, 0.3) is 11.0 Å². The summed E-state index contributed by atoms with van der Waals surface area (Å²) < 4.78 is 11.6. The van der Waals surface area contributed by atoms with Crippen molar-refractivity contribution in [2.24, 2.45) is 5.92 Å². The maximum Gasteiger partial charge on any atom is 0.311 e. The van der Waals surface area contributed by atoms with Gasteiger partial charge in [-0.05, 0) is 30.3 Å². The summed E-state index contributed by atoms with van der Waals surface area (Å²) in [6.45, 7) is 0. The minimum atomic E-state index is -0.805. The minimum Gasteiger partial charge on any atom is -0.489 e. The number of pyridine rings is 1. The molecule has 1 aliphatic heterocycles. The number of hydrogen-bond donors (Lipinski definition) is 2. The second kappa shape index (κ2) is 4.25. The molecule has 6 nitrogen and oxygen atoms in total. The Morgan fingerprint density at radius 1 is 1.30 bits per heavy atom. The van der Waals surface area contributed by atoms with E-state index >= 15 is 0 Å². The molecule has 0 saturated heterocycles. The molecular formula is C17H12N2O4. The number of aromatic amines is 1. The summed E-state index contributed by atoms with van der Waals surface area (Å²) >= 11 is 0. The van der Waals surface area contributed by atoms with E-state index in [1.807, 2.05) is 30.5 Å². The normalized spacial score (nSPS) is 23.9. The molecule has 3 heterocycles. The number of nitrogens with one attached hydrogen (secondary N) is 1. The SMILES string of the molecule is O=C(O)C1C2Oc3ccc(Oc4ccnc5[nH]ccc45)cc3C21. The predicted octanol–water partition coefficient (Wildman–Crippen LogP) is 2.91. The highest BCUT2D eigenvalue weighted by Crippen LogP contribution is 2.59. The highest BCUT2D eigenvalue weighted by molar-refractivity contribution is 5.82. The van der Waals surface area contributed by atoms with Gasteiger partial charge in [-0.3, -0.25) is 4.79 Å². The Balaban J connectivity index is 1.49. The van der Waals surface area contributed by atoms with E-state index in [-0.39, 0.29) is 12.0 Å². The van der Waals surface area contributed by atoms with Gasteiger partial charge in [-0.25, -0.2) is 4.98 Å². The number of hydrogen-bond acceptors (Lipinski definition) is 4. The third-order valence-electron chi connectivity index (χ3n) is 4.49. The Morgan fingerprint density at radius 2 is 2.22 bits per heavy atom. The van der Waals surface area contributed by atoms with E-state index in [1.54, 1.807) is 12.3 Å². The summed E-state index contributed by atoms with van der Waals surface area (Å²) in [5.41, 5.74) is 1.68. The fourth-order valence-electron chi connectivity index (χ4n) is 3.35. The molecule has 2 N–H and O–H groups in total. The van der Waals surface area contributed by atoms with E-state index in [2.05, 4.69) is 9.97 Å². The van der Waals surface area contributed by atoms with Crippen LogP contribution in [0.3, 0.4) is 0 Å². The summed E-state index contributed by atoms with van der Waals surface area (Å²) in [4.78, 5) is 18.4. The molecule has 6 heteroatoms. The zero-order valence-corrected chi connectivity index (χ0v) is 11.9. The number of carboxylic acid groups (broad SMARTS) is 1. The number of carbonyl (C=O) groups is 1. The van der Waals surface area contributed by atoms with E-state index in [9.17, 15) is 4.79 Å². The molecule has 1 saturated carbocycles. The maximum atomic E-state index is 11.2. The van der Waals surface area contributed by atoms with Crippen LogP contribution in [0, 0.1) is 5.92 Å². The van der Waals surface area contributed by atoms with Crippen molar-refractivity contribution in [2.75, 3.05) is 0 Å². The first kappa shape index (κ1) is 12.5. The van der Waals surface area contributed by atoms with Crippen LogP contribution in [0.1, 0.15) is 11.5 Å². The van der Waals surface area contributed by atoms with Gasteiger partial charge in [0, 0.05) is 23.9 Å². The number of ether oxygens (including phenoxy) is 2. The number of aliphatic carboxylic acids is 1. The molecule has 1 fully saturated rings. The molecule has 3 atom stereocenters. The van der Waals surface area contributed by atoms with Crippen LogP contribution in [0.2, 0.25) is 0 Å². The van der Waals surface area contributed by atoms with E-state index < -0.39 is 11.9 Å². The average Bonchev–Trinajstić information content (AvgIpc) is 2.90. The largest absolute Gasteiger partial charge is 0.489 e. The van der Waals surface area contributed by atoms with Gasteiger partial charge in [-0.2, -0.15) is 0 Å². The number of rotatable bonds is 3. The standard InChI is InChI=1S/C17H12N2O4/c20-17(21)14-13-10-7-8(1-2-11(10)23-15(13)14)22-12-4-6-19-16-9(12)3-5-18-16/h1-7,13-15H,(H,18,19)(H,20,21). The first-order chi connectivity index (χ1) is 11.2. The van der Waals surface area contributed by atoms with Crippen molar-refractivity contribution in [3.8, 4) is 17.2 Å². The smallest absolute Gasteiger partial charge is 0.311 e. The Bertz CT molecular complexity index is 949. The summed E-state index contributed by atoms with van der Waals surface area (Å²) in [6, 6.07) is 9.26. The molecule has 1 aromatic carbocycles. The van der Waals surface area contributed by atoms with Gasteiger partial charge in [0.05, 0.1) is 5.39 Å². The number of carboxylic acids is 1. The molecule has 5 rings (SSSR count). The van der Waals surface area contributed by atoms with Crippen LogP contribution in [0.15, 0.2) is 42.7 Å². The highest BCUT2D eigenvalue weighted by Gasteiger charge is 2.63. The first-order valence-corrected chi connectivity index (χ1v) is 7.36. The Labute approximate surface area is 130 Å². The predicted molar refractivity (Wildman–Crippen MR) is 80.9 cm³/mol. The first-order valence-electron chi connectivity index (χ1n) is 7.36. The highest BCUT2D eigenvalue weighted by atomic mass is 16.5.